The maximum Gasteiger partial charge on any atom is 0.160 e. The third-order valence-corrected chi connectivity index (χ3v) is 1.90. The van der Waals surface area contributed by atoms with Gasteiger partial charge in [-0.15, -0.1) is 0 Å². The van der Waals surface area contributed by atoms with Gasteiger partial charge in [-0.05, 0) is 13.0 Å². The topological polar surface area (TPSA) is 45.8 Å². The minimum Gasteiger partial charge on any atom is -0.343 e. The van der Waals surface area contributed by atoms with E-state index in [0.29, 0.717) is 11.2 Å². The normalized spacial score (nSPS) is 10.6. The molecule has 0 aromatic carbocycles. The van der Waals surface area contributed by atoms with Crippen molar-refractivity contribution in [3.63, 3.8) is 0 Å². The first-order chi connectivity index (χ1) is 6.20. The van der Waals surface area contributed by atoms with Crippen LogP contribution >= 0.6 is 0 Å². The smallest absolute Gasteiger partial charge is 0.160 e. The molecule has 0 spiro atoms. The Hall–Kier alpha value is -1.71. The van der Waals surface area contributed by atoms with E-state index in [2.05, 4.69) is 9.97 Å². The average Bonchev–Trinajstić information content (AvgIpc) is 2.48. The van der Waals surface area contributed by atoms with E-state index in [0.717, 1.165) is 0 Å². The second kappa shape index (κ2) is 2.65. The Morgan fingerprint density at radius 1 is 1.62 bits per heavy atom. The van der Waals surface area contributed by atoms with E-state index in [1.807, 2.05) is 0 Å². The van der Waals surface area contributed by atoms with Crippen LogP contribution < -0.4 is 0 Å². The SMILES string of the molecule is CC(=O)c1ccnc2[nH]cc(F)c12. The van der Waals surface area contributed by atoms with Crippen LogP contribution in [0.15, 0.2) is 18.5 Å². The van der Waals surface area contributed by atoms with Gasteiger partial charge < -0.3 is 4.98 Å². The van der Waals surface area contributed by atoms with Gasteiger partial charge >= 0.3 is 0 Å². The van der Waals surface area contributed by atoms with Gasteiger partial charge in [-0.3, -0.25) is 4.79 Å². The van der Waals surface area contributed by atoms with Crippen LogP contribution in [0.5, 0.6) is 0 Å². The minimum atomic E-state index is -0.437. The molecule has 2 rings (SSSR count). The molecule has 3 nitrogen and oxygen atoms in total. The van der Waals surface area contributed by atoms with Gasteiger partial charge in [0.15, 0.2) is 11.6 Å². The molecule has 0 bridgehead atoms. The number of Topliss-reactive ketones (excluding diaryl/α,β-unsaturated/α-hetero) is 1. The summed E-state index contributed by atoms with van der Waals surface area (Å²) in [4.78, 5) is 17.6. The van der Waals surface area contributed by atoms with Gasteiger partial charge in [-0.25, -0.2) is 9.37 Å². The Balaban J connectivity index is 2.88. The highest BCUT2D eigenvalue weighted by Crippen LogP contribution is 2.19. The highest BCUT2D eigenvalue weighted by molar-refractivity contribution is 6.05. The number of ketones is 1. The predicted molar refractivity (Wildman–Crippen MR) is 46.1 cm³/mol. The minimum absolute atomic E-state index is 0.161. The molecule has 0 aliphatic rings. The molecule has 0 aliphatic carbocycles. The Bertz CT molecular complexity index is 475. The number of aromatic amines is 1. The zero-order chi connectivity index (χ0) is 9.42. The second-order valence-corrected chi connectivity index (χ2v) is 2.77. The van der Waals surface area contributed by atoms with Crippen LogP contribution in [-0.2, 0) is 0 Å². The molecule has 66 valence electrons. The van der Waals surface area contributed by atoms with E-state index in [9.17, 15) is 9.18 Å². The Morgan fingerprint density at radius 3 is 3.08 bits per heavy atom. The lowest BCUT2D eigenvalue weighted by Crippen LogP contribution is -1.94. The maximum absolute atomic E-state index is 13.1. The van der Waals surface area contributed by atoms with Crippen LogP contribution in [0, 0.1) is 5.82 Å². The summed E-state index contributed by atoms with van der Waals surface area (Å²) in [5.74, 6) is -0.598. The summed E-state index contributed by atoms with van der Waals surface area (Å²) in [6, 6.07) is 1.52. The second-order valence-electron chi connectivity index (χ2n) is 2.77. The van der Waals surface area contributed by atoms with Crippen molar-refractivity contribution >= 4 is 16.8 Å². The van der Waals surface area contributed by atoms with Gasteiger partial charge in [0.05, 0.1) is 5.39 Å². The first kappa shape index (κ1) is 7.91. The van der Waals surface area contributed by atoms with E-state index in [4.69, 9.17) is 0 Å². The molecule has 2 aromatic heterocycles. The molecule has 0 atom stereocenters. The van der Waals surface area contributed by atoms with Gasteiger partial charge in [0, 0.05) is 18.0 Å². The lowest BCUT2D eigenvalue weighted by molar-refractivity contribution is 0.101. The summed E-state index contributed by atoms with van der Waals surface area (Å²) >= 11 is 0. The molecule has 13 heavy (non-hydrogen) atoms. The maximum atomic E-state index is 13.1. The van der Waals surface area contributed by atoms with E-state index in [1.165, 1.54) is 25.4 Å². The van der Waals surface area contributed by atoms with Gasteiger partial charge in [0.2, 0.25) is 0 Å². The van der Waals surface area contributed by atoms with Crippen molar-refractivity contribution in [2.75, 3.05) is 0 Å². The number of hydrogen-bond donors (Lipinski definition) is 1. The van der Waals surface area contributed by atoms with Crippen molar-refractivity contribution in [2.45, 2.75) is 6.92 Å². The molecule has 2 heterocycles. The number of carbonyl (C=O) groups is 1. The molecule has 0 saturated heterocycles. The summed E-state index contributed by atoms with van der Waals surface area (Å²) in [6.07, 6.45) is 2.68. The summed E-state index contributed by atoms with van der Waals surface area (Å²) in [5.41, 5.74) is 0.772. The molecule has 0 amide bonds. The number of H-pyrrole nitrogens is 1. The number of pyridine rings is 1. The number of rotatable bonds is 1. The van der Waals surface area contributed by atoms with Crippen molar-refractivity contribution in [3.8, 4) is 0 Å². The average molecular weight is 178 g/mol. The molecule has 0 radical (unpaired) electrons. The molecule has 1 N–H and O–H groups in total. The number of nitrogens with one attached hydrogen (secondary N) is 1. The van der Waals surface area contributed by atoms with Gasteiger partial charge in [-0.1, -0.05) is 0 Å². The van der Waals surface area contributed by atoms with Gasteiger partial charge in [-0.2, -0.15) is 0 Å². The molecular weight excluding hydrogens is 171 g/mol. The number of fused-ring (bicyclic) bond motifs is 1. The van der Waals surface area contributed by atoms with E-state index in [-0.39, 0.29) is 11.2 Å². The van der Waals surface area contributed by atoms with E-state index < -0.39 is 5.82 Å². The highest BCUT2D eigenvalue weighted by atomic mass is 19.1. The van der Waals surface area contributed by atoms with Crippen molar-refractivity contribution < 1.29 is 9.18 Å². The quantitative estimate of drug-likeness (QED) is 0.678. The van der Waals surface area contributed by atoms with E-state index >= 15 is 0 Å². The van der Waals surface area contributed by atoms with Crippen LogP contribution in [0.25, 0.3) is 11.0 Å². The fourth-order valence-corrected chi connectivity index (χ4v) is 1.31. The third-order valence-electron chi connectivity index (χ3n) is 1.90. The molecule has 4 heteroatoms. The van der Waals surface area contributed by atoms with Crippen molar-refractivity contribution in [2.24, 2.45) is 0 Å². The summed E-state index contributed by atoms with van der Waals surface area (Å²) in [6.45, 7) is 1.40. The fraction of sp³-hybridized carbons (Fsp3) is 0.111. The Kier molecular flexibility index (Phi) is 1.62. The Labute approximate surface area is 73.6 Å². The van der Waals surface area contributed by atoms with Crippen LogP contribution in [0.3, 0.4) is 0 Å². The zero-order valence-corrected chi connectivity index (χ0v) is 6.97. The third kappa shape index (κ3) is 1.11. The highest BCUT2D eigenvalue weighted by Gasteiger charge is 2.11. The van der Waals surface area contributed by atoms with Crippen LogP contribution in [-0.4, -0.2) is 15.8 Å². The first-order valence-corrected chi connectivity index (χ1v) is 3.82. The van der Waals surface area contributed by atoms with Gasteiger partial charge in [0.25, 0.3) is 0 Å². The van der Waals surface area contributed by atoms with Crippen LogP contribution in [0.2, 0.25) is 0 Å². The molecule has 0 fully saturated rings. The largest absolute Gasteiger partial charge is 0.343 e. The number of halogens is 1. The monoisotopic (exact) mass is 178 g/mol. The molecule has 2 aromatic rings. The van der Waals surface area contributed by atoms with Crippen molar-refractivity contribution in [1.82, 2.24) is 9.97 Å². The lowest BCUT2D eigenvalue weighted by Gasteiger charge is -1.96. The molecule has 0 saturated carbocycles. The van der Waals surface area contributed by atoms with Crippen LogP contribution in [0.1, 0.15) is 17.3 Å². The standard InChI is InChI=1S/C9H7FN2O/c1-5(13)6-2-3-11-9-8(6)7(10)4-12-9/h2-4H,1H3,(H,11,12). The van der Waals surface area contributed by atoms with Crippen LogP contribution in [0.4, 0.5) is 4.39 Å². The number of carbonyl (C=O) groups excluding carboxylic acids is 1. The summed E-state index contributed by atoms with van der Waals surface area (Å²) in [5, 5.41) is 0.273. The molecular formula is C9H7FN2O. The number of hydrogen-bond acceptors (Lipinski definition) is 2. The first-order valence-electron chi connectivity index (χ1n) is 3.82. The lowest BCUT2D eigenvalue weighted by atomic mass is 10.1. The van der Waals surface area contributed by atoms with Crippen molar-refractivity contribution in [3.05, 3.63) is 29.8 Å². The van der Waals surface area contributed by atoms with Gasteiger partial charge in [0.1, 0.15) is 5.65 Å². The van der Waals surface area contributed by atoms with Crippen molar-refractivity contribution in [1.29, 1.82) is 0 Å². The predicted octanol–water partition coefficient (Wildman–Crippen LogP) is 1.90. The zero-order valence-electron chi connectivity index (χ0n) is 6.97. The fourth-order valence-electron chi connectivity index (χ4n) is 1.31. The summed E-state index contributed by atoms with van der Waals surface area (Å²) < 4.78 is 13.1. The Morgan fingerprint density at radius 2 is 2.38 bits per heavy atom. The number of nitrogens with zero attached hydrogens (tertiary/aromatic N) is 1. The number of aromatic nitrogens is 2. The summed E-state index contributed by atoms with van der Waals surface area (Å²) in [7, 11) is 0. The molecule has 0 unspecified atom stereocenters. The molecule has 0 aliphatic heterocycles. The van der Waals surface area contributed by atoms with E-state index in [1.54, 1.807) is 0 Å².